The van der Waals surface area contributed by atoms with Gasteiger partial charge in [-0.1, -0.05) is 48.1 Å². The monoisotopic (exact) mass is 482 g/mol. The minimum absolute atomic E-state index is 0.0957. The zero-order valence-electron chi connectivity index (χ0n) is 21.2. The summed E-state index contributed by atoms with van der Waals surface area (Å²) in [6.07, 6.45) is 16.3. The number of benzene rings is 1. The van der Waals surface area contributed by atoms with E-state index in [4.69, 9.17) is 4.74 Å². The van der Waals surface area contributed by atoms with Crippen molar-refractivity contribution in [2.75, 3.05) is 6.54 Å². The second-order valence-electron chi connectivity index (χ2n) is 10.6. The molecule has 1 saturated heterocycles. The Morgan fingerprint density at radius 2 is 1.86 bits per heavy atom. The van der Waals surface area contributed by atoms with E-state index in [1.54, 1.807) is 0 Å². The third-order valence-corrected chi connectivity index (χ3v) is 7.99. The topological polar surface area (TPSA) is 54.8 Å². The van der Waals surface area contributed by atoms with E-state index in [2.05, 4.69) is 61.3 Å². The van der Waals surface area contributed by atoms with Crippen LogP contribution in [0.2, 0.25) is 0 Å². The Balaban J connectivity index is 1.30. The highest BCUT2D eigenvalue weighted by Crippen LogP contribution is 2.41. The van der Waals surface area contributed by atoms with E-state index in [1.807, 2.05) is 12.1 Å². The van der Waals surface area contributed by atoms with Crippen molar-refractivity contribution in [3.63, 3.8) is 0 Å². The van der Waals surface area contributed by atoms with Crippen molar-refractivity contribution >= 4 is 18.1 Å². The molecule has 0 bridgehead atoms. The summed E-state index contributed by atoms with van der Waals surface area (Å²) in [5.41, 5.74) is 5.47. The maximum absolute atomic E-state index is 13.8. The smallest absolute Gasteiger partial charge is 0.263 e. The first-order valence-electron chi connectivity index (χ1n) is 13.4. The number of hydrogen-bond donors (Lipinski definition) is 0. The molecule has 4 aliphatic rings. The number of carbonyl (C=O) groups excluding carboxylic acids is 1. The predicted octanol–water partition coefficient (Wildman–Crippen LogP) is 3.91. The largest absolute Gasteiger partial charge is 0.344 e. The van der Waals surface area contributed by atoms with Gasteiger partial charge in [-0.15, -0.1) is 0 Å². The Labute approximate surface area is 212 Å². The fourth-order valence-electron chi connectivity index (χ4n) is 6.17. The van der Waals surface area contributed by atoms with Crippen molar-refractivity contribution in [2.24, 2.45) is 5.92 Å². The molecule has 0 amide bonds. The highest BCUT2D eigenvalue weighted by atomic mass is 16.6. The summed E-state index contributed by atoms with van der Waals surface area (Å²) in [5.74, 6) is 0.139. The zero-order chi connectivity index (χ0) is 24.8. The molecular formula is C31H34N2O3. The zero-order valence-corrected chi connectivity index (χ0v) is 21.2. The molecular weight excluding hydrogens is 448 g/mol. The summed E-state index contributed by atoms with van der Waals surface area (Å²) < 4.78 is 7.57. The van der Waals surface area contributed by atoms with Crippen LogP contribution in [0.5, 0.6) is 0 Å². The van der Waals surface area contributed by atoms with E-state index in [9.17, 15) is 9.59 Å². The molecule has 1 aromatic heterocycles. The molecule has 3 unspecified atom stereocenters. The van der Waals surface area contributed by atoms with E-state index in [1.165, 1.54) is 21.3 Å². The van der Waals surface area contributed by atoms with Crippen LogP contribution >= 0.6 is 0 Å². The molecule has 5 nitrogen and oxygen atoms in total. The van der Waals surface area contributed by atoms with Crippen LogP contribution in [-0.4, -0.2) is 28.1 Å². The van der Waals surface area contributed by atoms with Crippen LogP contribution < -0.4 is 16.1 Å². The summed E-state index contributed by atoms with van der Waals surface area (Å²) in [6, 6.07) is 8.53. The highest BCUT2D eigenvalue weighted by Gasteiger charge is 2.47. The number of aromatic nitrogens is 1. The van der Waals surface area contributed by atoms with Crippen molar-refractivity contribution in [3.05, 3.63) is 91.4 Å². The lowest BCUT2D eigenvalue weighted by molar-refractivity contribution is 0.0872. The lowest BCUT2D eigenvalue weighted by atomic mass is 10.0. The van der Waals surface area contributed by atoms with Crippen LogP contribution in [0.15, 0.2) is 53.0 Å². The Kier molecular flexibility index (Phi) is 6.04. The molecule has 0 saturated carbocycles. The average molecular weight is 483 g/mol. The number of hydrogen-bond acceptors (Lipinski definition) is 4. The molecule has 0 N–H and O–H groups in total. The molecule has 2 aromatic rings. The SMILES string of the molecule is CCN(C1=CCCC=C1)C1OC1c1cc2c(n(C(=O)CC3Cc4ccc(C)cc4C3)c1=O)=CCCC=2. The summed E-state index contributed by atoms with van der Waals surface area (Å²) in [7, 11) is 0. The fraction of sp³-hybridized carbons (Fsp3) is 0.419. The van der Waals surface area contributed by atoms with Crippen molar-refractivity contribution in [2.45, 2.75) is 71.1 Å². The van der Waals surface area contributed by atoms with Gasteiger partial charge in [-0.3, -0.25) is 9.59 Å². The maximum Gasteiger partial charge on any atom is 0.263 e. The first-order chi connectivity index (χ1) is 17.5. The molecule has 1 aromatic carbocycles. The van der Waals surface area contributed by atoms with Gasteiger partial charge >= 0.3 is 0 Å². The lowest BCUT2D eigenvalue weighted by Gasteiger charge is -2.24. The molecule has 2 heterocycles. The first kappa shape index (κ1) is 23.2. The Hall–Kier alpha value is -3.18. The summed E-state index contributed by atoms with van der Waals surface area (Å²) in [5, 5.41) is 1.73. The van der Waals surface area contributed by atoms with Gasteiger partial charge in [0.1, 0.15) is 6.10 Å². The van der Waals surface area contributed by atoms with Gasteiger partial charge in [0.25, 0.3) is 5.56 Å². The third kappa shape index (κ3) is 4.20. The molecule has 36 heavy (non-hydrogen) atoms. The van der Waals surface area contributed by atoms with Crippen LogP contribution in [-0.2, 0) is 17.6 Å². The van der Waals surface area contributed by atoms with E-state index >= 15 is 0 Å². The Bertz CT molecular complexity index is 1460. The predicted molar refractivity (Wildman–Crippen MR) is 142 cm³/mol. The number of nitrogens with zero attached hydrogens (tertiary/aromatic N) is 2. The third-order valence-electron chi connectivity index (χ3n) is 7.99. The van der Waals surface area contributed by atoms with E-state index in [-0.39, 0.29) is 29.7 Å². The number of epoxide rings is 1. The van der Waals surface area contributed by atoms with E-state index < -0.39 is 0 Å². The summed E-state index contributed by atoms with van der Waals surface area (Å²) >= 11 is 0. The van der Waals surface area contributed by atoms with E-state index in [0.717, 1.165) is 61.3 Å². The quantitative estimate of drug-likeness (QED) is 0.586. The van der Waals surface area contributed by atoms with Crippen molar-refractivity contribution < 1.29 is 9.53 Å². The van der Waals surface area contributed by atoms with Crippen molar-refractivity contribution in [1.82, 2.24) is 9.47 Å². The van der Waals surface area contributed by atoms with Gasteiger partial charge in [0.15, 0.2) is 6.23 Å². The van der Waals surface area contributed by atoms with Crippen LogP contribution in [0.25, 0.3) is 12.2 Å². The number of aryl methyl sites for hydroxylation is 1. The van der Waals surface area contributed by atoms with E-state index in [0.29, 0.717) is 12.0 Å². The van der Waals surface area contributed by atoms with Gasteiger partial charge in [-0.2, -0.15) is 0 Å². The molecule has 5 heteroatoms. The van der Waals surface area contributed by atoms with Gasteiger partial charge in [-0.05, 0) is 86.8 Å². The fourth-order valence-corrected chi connectivity index (χ4v) is 6.17. The van der Waals surface area contributed by atoms with Gasteiger partial charge in [0, 0.05) is 18.7 Å². The number of allylic oxidation sites excluding steroid dienone is 3. The molecule has 1 aliphatic heterocycles. The molecule has 1 fully saturated rings. The number of rotatable bonds is 6. The molecule has 6 rings (SSSR count). The normalized spacial score (nSPS) is 23.7. The van der Waals surface area contributed by atoms with Crippen molar-refractivity contribution in [1.29, 1.82) is 0 Å². The van der Waals surface area contributed by atoms with Crippen LogP contribution in [0, 0.1) is 12.8 Å². The highest BCUT2D eigenvalue weighted by molar-refractivity contribution is 5.80. The van der Waals surface area contributed by atoms with Gasteiger partial charge in [-0.25, -0.2) is 4.57 Å². The maximum atomic E-state index is 13.8. The molecule has 3 atom stereocenters. The molecule has 0 radical (unpaired) electrons. The number of pyridine rings is 1. The van der Waals surface area contributed by atoms with Gasteiger partial charge < -0.3 is 9.64 Å². The second-order valence-corrected chi connectivity index (χ2v) is 10.6. The van der Waals surface area contributed by atoms with Crippen LogP contribution in [0.4, 0.5) is 0 Å². The van der Waals surface area contributed by atoms with Crippen molar-refractivity contribution in [3.8, 4) is 0 Å². The standard InChI is InChI=1S/C31H34N2O3/c1-3-32(25-10-5-4-6-11-25)31-29(36-31)26-19-23-9-7-8-12-27(23)33(30(26)35)28(34)18-21-16-22-14-13-20(2)15-24(22)17-21/h5,9-15,19,21,29,31H,3-4,6-8,16-18H2,1-2H3. The second kappa shape index (κ2) is 9.36. The summed E-state index contributed by atoms with van der Waals surface area (Å²) in [4.78, 5) is 29.7. The number of likely N-dealkylation sites (N-methyl/N-ethyl adjacent to an activating group) is 1. The van der Waals surface area contributed by atoms with Crippen LogP contribution in [0.3, 0.4) is 0 Å². The lowest BCUT2D eigenvalue weighted by Crippen LogP contribution is -2.49. The number of carbonyl (C=O) groups is 1. The minimum atomic E-state index is -0.313. The van der Waals surface area contributed by atoms with Gasteiger partial charge in [0.2, 0.25) is 5.91 Å². The Morgan fingerprint density at radius 3 is 2.67 bits per heavy atom. The van der Waals surface area contributed by atoms with Crippen LogP contribution in [0.1, 0.15) is 72.2 Å². The van der Waals surface area contributed by atoms with Gasteiger partial charge in [0.05, 0.1) is 10.9 Å². The molecule has 186 valence electrons. The number of fused-ring (bicyclic) bond motifs is 2. The molecule has 3 aliphatic carbocycles. The Morgan fingerprint density at radius 1 is 1.06 bits per heavy atom. The number of ether oxygens (including phenoxy) is 1. The molecule has 0 spiro atoms. The summed E-state index contributed by atoms with van der Waals surface area (Å²) in [6.45, 7) is 5.02. The first-order valence-corrected chi connectivity index (χ1v) is 13.4. The minimum Gasteiger partial charge on any atom is -0.344 e. The average Bonchev–Trinajstić information content (AvgIpc) is 3.56.